The van der Waals surface area contributed by atoms with Crippen molar-refractivity contribution < 1.29 is 33.4 Å². The summed E-state index contributed by atoms with van der Waals surface area (Å²) in [7, 11) is 0. The highest BCUT2D eigenvalue weighted by Gasteiger charge is 2.91. The minimum Gasteiger partial charge on any atom is -0.465 e. The van der Waals surface area contributed by atoms with Crippen molar-refractivity contribution in [3.05, 3.63) is 12.2 Å². The third-order valence-electron chi connectivity index (χ3n) is 3.82. The summed E-state index contributed by atoms with van der Waals surface area (Å²) in [5.74, 6) is -4.36. The van der Waals surface area contributed by atoms with Crippen LogP contribution in [0, 0.1) is 28.1 Å². The highest BCUT2D eigenvalue weighted by Crippen LogP contribution is 2.71. The highest BCUT2D eigenvalue weighted by atomic mass is 16.6. The molecule has 2 atom stereocenters. The lowest BCUT2D eigenvalue weighted by Crippen LogP contribution is -2.39. The van der Waals surface area contributed by atoms with E-state index in [1.165, 1.54) is 20.8 Å². The van der Waals surface area contributed by atoms with Gasteiger partial charge in [0.25, 0.3) is 0 Å². The van der Waals surface area contributed by atoms with Gasteiger partial charge in [-0.2, -0.15) is 5.26 Å². The van der Waals surface area contributed by atoms with Crippen molar-refractivity contribution in [2.24, 2.45) is 16.7 Å². The Labute approximate surface area is 139 Å². The average molecular weight is 337 g/mol. The molecule has 2 unspecified atom stereocenters. The number of ether oxygens (including phenoxy) is 3. The smallest absolute Gasteiger partial charge is 0.329 e. The van der Waals surface area contributed by atoms with Gasteiger partial charge in [0, 0.05) is 5.92 Å². The van der Waals surface area contributed by atoms with Crippen molar-refractivity contribution >= 4 is 24.2 Å². The summed E-state index contributed by atoms with van der Waals surface area (Å²) in [6.07, 6.45) is 2.57. The van der Waals surface area contributed by atoms with E-state index in [9.17, 15) is 24.4 Å². The van der Waals surface area contributed by atoms with Crippen molar-refractivity contribution in [2.75, 3.05) is 19.8 Å². The second-order valence-corrected chi connectivity index (χ2v) is 4.89. The summed E-state index contributed by atoms with van der Waals surface area (Å²) >= 11 is 0. The first-order chi connectivity index (χ1) is 11.4. The molecule has 1 aliphatic carbocycles. The van der Waals surface area contributed by atoms with Crippen molar-refractivity contribution in [3.8, 4) is 6.07 Å². The normalized spacial score (nSPS) is 23.8. The van der Waals surface area contributed by atoms with Crippen molar-refractivity contribution in [2.45, 2.75) is 20.8 Å². The van der Waals surface area contributed by atoms with Gasteiger partial charge in [0.15, 0.2) is 5.41 Å². The fraction of sp³-hybridized carbons (Fsp3) is 0.562. The number of hydrogen-bond acceptors (Lipinski definition) is 8. The van der Waals surface area contributed by atoms with Crippen molar-refractivity contribution in [3.63, 3.8) is 0 Å². The van der Waals surface area contributed by atoms with Gasteiger partial charge in [-0.15, -0.1) is 0 Å². The Morgan fingerprint density at radius 3 is 1.83 bits per heavy atom. The van der Waals surface area contributed by atoms with Crippen LogP contribution in [0.4, 0.5) is 0 Å². The number of hydrogen-bond donors (Lipinski definition) is 0. The van der Waals surface area contributed by atoms with Gasteiger partial charge >= 0.3 is 17.9 Å². The summed E-state index contributed by atoms with van der Waals surface area (Å²) in [4.78, 5) is 48.0. The summed E-state index contributed by atoms with van der Waals surface area (Å²) in [5, 5.41) is 9.60. The molecular formula is C16H19NO7. The highest BCUT2D eigenvalue weighted by molar-refractivity contribution is 6.14. The molecule has 0 heterocycles. The molecule has 0 aromatic heterocycles. The molecule has 0 aliphatic heterocycles. The van der Waals surface area contributed by atoms with Gasteiger partial charge in [-0.3, -0.25) is 19.2 Å². The fourth-order valence-corrected chi connectivity index (χ4v) is 2.83. The van der Waals surface area contributed by atoms with Gasteiger partial charge in [0.05, 0.1) is 25.9 Å². The number of allylic oxidation sites excluding steroid dienone is 2. The zero-order valence-electron chi connectivity index (χ0n) is 13.7. The van der Waals surface area contributed by atoms with Gasteiger partial charge in [0.2, 0.25) is 5.41 Å². The number of carbonyl (C=O) groups excluding carboxylic acids is 4. The average Bonchev–Trinajstić information content (AvgIpc) is 3.18. The Kier molecular flexibility index (Phi) is 6.23. The van der Waals surface area contributed by atoms with Crippen LogP contribution in [0.1, 0.15) is 20.8 Å². The fourth-order valence-electron chi connectivity index (χ4n) is 2.83. The molecule has 1 aliphatic rings. The number of nitrogens with zero attached hydrogens (tertiary/aromatic N) is 1. The predicted octanol–water partition coefficient (Wildman–Crippen LogP) is 0.557. The molecule has 1 rings (SSSR count). The van der Waals surface area contributed by atoms with Crippen molar-refractivity contribution in [1.29, 1.82) is 5.26 Å². The monoisotopic (exact) mass is 337 g/mol. The van der Waals surface area contributed by atoms with Crippen LogP contribution >= 0.6 is 0 Å². The van der Waals surface area contributed by atoms with E-state index in [0.717, 1.165) is 12.2 Å². The predicted molar refractivity (Wildman–Crippen MR) is 79.1 cm³/mol. The molecule has 8 nitrogen and oxygen atoms in total. The lowest BCUT2D eigenvalue weighted by molar-refractivity contribution is -0.170. The molecule has 0 bridgehead atoms. The Hall–Kier alpha value is -2.69. The molecule has 0 N–H and O–H groups in total. The topological polar surface area (TPSA) is 120 Å². The first kappa shape index (κ1) is 19.4. The zero-order chi connectivity index (χ0) is 18.4. The third-order valence-corrected chi connectivity index (χ3v) is 3.82. The van der Waals surface area contributed by atoms with Crippen LogP contribution in [0.5, 0.6) is 0 Å². The van der Waals surface area contributed by atoms with Crippen LogP contribution in [0.25, 0.3) is 0 Å². The van der Waals surface area contributed by atoms with E-state index in [2.05, 4.69) is 0 Å². The minimum atomic E-state index is -2.18. The molecule has 0 aromatic carbocycles. The number of esters is 3. The zero-order valence-corrected chi connectivity index (χ0v) is 13.7. The standard InChI is InChI=1S/C16H19NO7/c1-4-22-12(19)15(10-17)11(8-7-9-18)16(15,13(20)23-5-2)14(21)24-6-3/h7-9,11H,4-6H2,1-3H3/b8-7+. The molecule has 24 heavy (non-hydrogen) atoms. The first-order valence-corrected chi connectivity index (χ1v) is 7.50. The first-order valence-electron chi connectivity index (χ1n) is 7.50. The van der Waals surface area contributed by atoms with E-state index < -0.39 is 34.7 Å². The molecular weight excluding hydrogens is 318 g/mol. The SMILES string of the molecule is CCOC(=O)C1(C#N)C(/C=C/C=O)C1(C(=O)OCC)C(=O)OCC. The van der Waals surface area contributed by atoms with E-state index in [1.807, 2.05) is 0 Å². The van der Waals surface area contributed by atoms with E-state index in [1.54, 1.807) is 6.07 Å². The Bertz CT molecular complexity index is 586. The number of aldehydes is 1. The van der Waals surface area contributed by atoms with E-state index in [-0.39, 0.29) is 19.8 Å². The van der Waals surface area contributed by atoms with Crippen LogP contribution in [0.3, 0.4) is 0 Å². The lowest BCUT2D eigenvalue weighted by Gasteiger charge is -2.17. The maximum atomic E-state index is 12.5. The largest absolute Gasteiger partial charge is 0.465 e. The maximum Gasteiger partial charge on any atom is 0.329 e. The molecule has 8 heteroatoms. The number of carbonyl (C=O) groups is 4. The summed E-state index contributed by atoms with van der Waals surface area (Å²) in [5.41, 5.74) is -4.30. The van der Waals surface area contributed by atoms with Crippen LogP contribution in [-0.4, -0.2) is 44.0 Å². The summed E-state index contributed by atoms with van der Waals surface area (Å²) in [6, 6.07) is 1.72. The second kappa shape index (κ2) is 7.73. The van der Waals surface area contributed by atoms with Gasteiger partial charge in [-0.05, 0) is 26.8 Å². The van der Waals surface area contributed by atoms with Crippen LogP contribution in [-0.2, 0) is 33.4 Å². The van der Waals surface area contributed by atoms with E-state index >= 15 is 0 Å². The number of rotatable bonds is 8. The second-order valence-electron chi connectivity index (χ2n) is 4.89. The Morgan fingerprint density at radius 2 is 1.46 bits per heavy atom. The molecule has 0 saturated heterocycles. The molecule has 1 saturated carbocycles. The molecule has 1 fully saturated rings. The minimum absolute atomic E-state index is 0.0475. The van der Waals surface area contributed by atoms with Crippen LogP contribution in [0.2, 0.25) is 0 Å². The van der Waals surface area contributed by atoms with Gasteiger partial charge in [-0.25, -0.2) is 0 Å². The Balaban J connectivity index is 3.55. The van der Waals surface area contributed by atoms with Gasteiger partial charge in [-0.1, -0.05) is 6.08 Å². The summed E-state index contributed by atoms with van der Waals surface area (Å²) in [6.45, 7) is 4.40. The molecule has 0 spiro atoms. The molecule has 0 aromatic rings. The van der Waals surface area contributed by atoms with E-state index in [4.69, 9.17) is 14.2 Å². The van der Waals surface area contributed by atoms with E-state index in [0.29, 0.717) is 6.29 Å². The third kappa shape index (κ3) is 2.56. The Morgan fingerprint density at radius 1 is 1.00 bits per heavy atom. The molecule has 130 valence electrons. The summed E-state index contributed by atoms with van der Waals surface area (Å²) < 4.78 is 14.7. The lowest BCUT2D eigenvalue weighted by atomic mass is 9.93. The van der Waals surface area contributed by atoms with Crippen molar-refractivity contribution in [1.82, 2.24) is 0 Å². The number of nitriles is 1. The van der Waals surface area contributed by atoms with Gasteiger partial charge in [0.1, 0.15) is 6.29 Å². The molecule has 0 amide bonds. The van der Waals surface area contributed by atoms with Crippen LogP contribution < -0.4 is 0 Å². The molecule has 0 radical (unpaired) electrons. The van der Waals surface area contributed by atoms with Crippen LogP contribution in [0.15, 0.2) is 12.2 Å². The maximum absolute atomic E-state index is 12.5. The van der Waals surface area contributed by atoms with Gasteiger partial charge < -0.3 is 14.2 Å². The quantitative estimate of drug-likeness (QED) is 0.207.